The van der Waals surface area contributed by atoms with E-state index in [0.717, 1.165) is 32.7 Å². The number of fused-ring (bicyclic) bond motifs is 1. The third kappa shape index (κ3) is 2.29. The van der Waals surface area contributed by atoms with E-state index in [0.29, 0.717) is 22.9 Å². The maximum Gasteiger partial charge on any atom is 0.282 e. The van der Waals surface area contributed by atoms with Crippen molar-refractivity contribution in [1.82, 2.24) is 5.01 Å². The topological polar surface area (TPSA) is 62.9 Å². The number of hydrogen-bond donors (Lipinski definition) is 0. The van der Waals surface area contributed by atoms with Crippen LogP contribution in [0.2, 0.25) is 0 Å². The Hall–Kier alpha value is -3.73. The van der Waals surface area contributed by atoms with Crippen LogP contribution in [0, 0.1) is 0 Å². The van der Waals surface area contributed by atoms with E-state index in [4.69, 9.17) is 4.42 Å². The number of furan rings is 1. The Kier molecular flexibility index (Phi) is 3.62. The van der Waals surface area contributed by atoms with Gasteiger partial charge in [0.15, 0.2) is 0 Å². The first kappa shape index (κ1) is 16.4. The molecule has 2 amide bonds. The molecule has 0 saturated carbocycles. The van der Waals surface area contributed by atoms with Gasteiger partial charge in [-0.25, -0.2) is 0 Å². The molecule has 1 aliphatic rings. The number of hydrazone groups is 1. The molecule has 4 aromatic rings. The number of carbonyl (C=O) groups excluding carboxylic acids is 2. The van der Waals surface area contributed by atoms with Crippen LogP contribution in [0.4, 0.5) is 0 Å². The van der Waals surface area contributed by atoms with Gasteiger partial charge in [-0.2, -0.15) is 10.1 Å². The first-order valence-corrected chi connectivity index (χ1v) is 9.14. The molecular weight excluding hydrogens is 352 g/mol. The molecule has 5 nitrogen and oxygen atoms in total. The molecule has 0 atom stereocenters. The van der Waals surface area contributed by atoms with Crippen molar-refractivity contribution in [2.45, 2.75) is 13.3 Å². The summed E-state index contributed by atoms with van der Waals surface area (Å²) in [6, 6.07) is 18.5. The lowest BCUT2D eigenvalue weighted by Gasteiger charge is -2.22. The molecule has 0 saturated heterocycles. The molecule has 0 N–H and O–H groups in total. The van der Waals surface area contributed by atoms with E-state index >= 15 is 0 Å². The number of rotatable bonds is 3. The number of imide groups is 1. The predicted molar refractivity (Wildman–Crippen MR) is 108 cm³/mol. The Balaban J connectivity index is 1.62. The van der Waals surface area contributed by atoms with Crippen LogP contribution in [0.15, 0.2) is 70.2 Å². The van der Waals surface area contributed by atoms with Crippen LogP contribution in [0.3, 0.4) is 0 Å². The molecule has 3 aromatic carbocycles. The van der Waals surface area contributed by atoms with Crippen LogP contribution in [0.25, 0.3) is 21.7 Å². The predicted octanol–water partition coefficient (Wildman–Crippen LogP) is 4.78. The van der Waals surface area contributed by atoms with Crippen molar-refractivity contribution in [1.29, 1.82) is 0 Å². The molecule has 0 spiro atoms. The Morgan fingerprint density at radius 1 is 0.929 bits per heavy atom. The Morgan fingerprint density at radius 3 is 2.29 bits per heavy atom. The fraction of sp³-hybridized carbons (Fsp3) is 0.0870. The molecule has 0 aliphatic carbocycles. The quantitative estimate of drug-likeness (QED) is 0.386. The standard InChI is InChI=1S/C23H16N2O3/c1-2-19-18(15-9-3-4-12-20(15)28-19)13-24-25-22(26)16-10-5-7-14-8-6-11-17(21(14)16)23(25)27/h3-13H,2H2,1H3. The van der Waals surface area contributed by atoms with Crippen molar-refractivity contribution in [2.24, 2.45) is 5.10 Å². The van der Waals surface area contributed by atoms with Gasteiger partial charge in [0.1, 0.15) is 11.3 Å². The monoisotopic (exact) mass is 368 g/mol. The number of hydrogen-bond acceptors (Lipinski definition) is 4. The summed E-state index contributed by atoms with van der Waals surface area (Å²) in [4.78, 5) is 25.9. The van der Waals surface area contributed by atoms with Crippen molar-refractivity contribution in [3.05, 3.63) is 83.1 Å². The lowest BCUT2D eigenvalue weighted by atomic mass is 9.95. The average Bonchev–Trinajstić information content (AvgIpc) is 3.09. The van der Waals surface area contributed by atoms with E-state index in [1.807, 2.05) is 55.5 Å². The van der Waals surface area contributed by atoms with Crippen LogP contribution >= 0.6 is 0 Å². The minimum absolute atomic E-state index is 0.420. The van der Waals surface area contributed by atoms with Crippen molar-refractivity contribution in [2.75, 3.05) is 0 Å². The number of aryl methyl sites for hydroxylation is 1. The normalized spacial score (nSPS) is 14.0. The van der Waals surface area contributed by atoms with Gasteiger partial charge in [0.05, 0.1) is 17.3 Å². The van der Waals surface area contributed by atoms with Gasteiger partial charge in [0, 0.05) is 22.8 Å². The maximum absolute atomic E-state index is 13.0. The van der Waals surface area contributed by atoms with E-state index < -0.39 is 11.8 Å². The van der Waals surface area contributed by atoms with Crippen LogP contribution < -0.4 is 0 Å². The van der Waals surface area contributed by atoms with Gasteiger partial charge in [0.2, 0.25) is 0 Å². The highest BCUT2D eigenvalue weighted by Crippen LogP contribution is 2.30. The molecule has 0 radical (unpaired) electrons. The second kappa shape index (κ2) is 6.16. The van der Waals surface area contributed by atoms with Crippen molar-refractivity contribution in [3.8, 4) is 0 Å². The molecule has 5 rings (SSSR count). The highest BCUT2D eigenvalue weighted by atomic mass is 16.3. The van der Waals surface area contributed by atoms with Crippen LogP contribution in [-0.4, -0.2) is 23.0 Å². The first-order chi connectivity index (χ1) is 13.7. The summed E-state index contributed by atoms with van der Waals surface area (Å²) in [5, 5.41) is 7.69. The summed E-state index contributed by atoms with van der Waals surface area (Å²) in [5.41, 5.74) is 2.51. The SMILES string of the molecule is CCc1oc2ccccc2c1C=NN1C(=O)c2cccc3cccc(c23)C1=O. The first-order valence-electron chi connectivity index (χ1n) is 9.14. The van der Waals surface area contributed by atoms with Crippen LogP contribution in [0.1, 0.15) is 39.0 Å². The lowest BCUT2D eigenvalue weighted by molar-refractivity contribution is 0.0616. The summed E-state index contributed by atoms with van der Waals surface area (Å²) in [7, 11) is 0. The van der Waals surface area contributed by atoms with Gasteiger partial charge in [-0.3, -0.25) is 9.59 Å². The van der Waals surface area contributed by atoms with Crippen LogP contribution in [-0.2, 0) is 6.42 Å². The van der Waals surface area contributed by atoms with Gasteiger partial charge in [-0.15, -0.1) is 0 Å². The highest BCUT2D eigenvalue weighted by Gasteiger charge is 2.32. The Bertz CT molecular complexity index is 1250. The van der Waals surface area contributed by atoms with E-state index in [1.54, 1.807) is 18.3 Å². The molecule has 0 fully saturated rings. The Morgan fingerprint density at radius 2 is 1.61 bits per heavy atom. The molecule has 1 aliphatic heterocycles. The summed E-state index contributed by atoms with van der Waals surface area (Å²) in [6.45, 7) is 1.99. The number of carbonyl (C=O) groups is 2. The van der Waals surface area contributed by atoms with E-state index in [9.17, 15) is 9.59 Å². The van der Waals surface area contributed by atoms with Gasteiger partial charge in [-0.1, -0.05) is 49.4 Å². The molecule has 0 bridgehead atoms. The molecular formula is C23H16N2O3. The van der Waals surface area contributed by atoms with Crippen LogP contribution in [0.5, 0.6) is 0 Å². The fourth-order valence-electron chi connectivity index (χ4n) is 3.76. The lowest BCUT2D eigenvalue weighted by Crippen LogP contribution is -2.36. The Labute approximate surface area is 160 Å². The second-order valence-corrected chi connectivity index (χ2v) is 6.66. The fourth-order valence-corrected chi connectivity index (χ4v) is 3.76. The van der Waals surface area contributed by atoms with Gasteiger partial charge in [-0.05, 0) is 23.6 Å². The van der Waals surface area contributed by atoms with Gasteiger partial charge in [0.25, 0.3) is 11.8 Å². The summed E-state index contributed by atoms with van der Waals surface area (Å²) in [5.74, 6) is -0.0721. The molecule has 2 heterocycles. The molecule has 5 heteroatoms. The smallest absolute Gasteiger partial charge is 0.282 e. The van der Waals surface area contributed by atoms with Gasteiger partial charge < -0.3 is 4.42 Å². The van der Waals surface area contributed by atoms with Gasteiger partial charge >= 0.3 is 0 Å². The van der Waals surface area contributed by atoms with E-state index in [2.05, 4.69) is 5.10 Å². The third-order valence-corrected chi connectivity index (χ3v) is 5.08. The zero-order chi connectivity index (χ0) is 19.3. The largest absolute Gasteiger partial charge is 0.460 e. The number of benzene rings is 3. The highest BCUT2D eigenvalue weighted by molar-refractivity contribution is 6.25. The van der Waals surface area contributed by atoms with E-state index in [1.165, 1.54) is 0 Å². The minimum Gasteiger partial charge on any atom is -0.460 e. The number of para-hydroxylation sites is 1. The minimum atomic E-state index is -0.420. The second-order valence-electron chi connectivity index (χ2n) is 6.66. The zero-order valence-electron chi connectivity index (χ0n) is 15.2. The zero-order valence-corrected chi connectivity index (χ0v) is 15.2. The summed E-state index contributed by atoms with van der Waals surface area (Å²) >= 11 is 0. The average molecular weight is 368 g/mol. The van der Waals surface area contributed by atoms with E-state index in [-0.39, 0.29) is 0 Å². The van der Waals surface area contributed by atoms with Crippen molar-refractivity contribution >= 4 is 39.8 Å². The van der Waals surface area contributed by atoms with Crippen molar-refractivity contribution < 1.29 is 14.0 Å². The summed E-state index contributed by atoms with van der Waals surface area (Å²) < 4.78 is 5.87. The number of amides is 2. The molecule has 1 aromatic heterocycles. The van der Waals surface area contributed by atoms with Crippen molar-refractivity contribution in [3.63, 3.8) is 0 Å². The third-order valence-electron chi connectivity index (χ3n) is 5.08. The molecule has 0 unspecified atom stereocenters. The maximum atomic E-state index is 13.0. The number of nitrogens with zero attached hydrogens (tertiary/aromatic N) is 2. The molecule has 136 valence electrons. The summed E-state index contributed by atoms with van der Waals surface area (Å²) in [6.07, 6.45) is 2.23. The molecule has 28 heavy (non-hydrogen) atoms.